The summed E-state index contributed by atoms with van der Waals surface area (Å²) in [5.41, 5.74) is 5.02. The van der Waals surface area contributed by atoms with Gasteiger partial charge in [-0.15, -0.1) is 0 Å². The third-order valence-electron chi connectivity index (χ3n) is 6.53. The first kappa shape index (κ1) is 25.1. The fraction of sp³-hybridized carbons (Fsp3) is 0.276. The molecular weight excluding hydrogens is 454 g/mol. The molecule has 1 aliphatic heterocycles. The Morgan fingerprint density at radius 3 is 2.75 bits per heavy atom. The van der Waals surface area contributed by atoms with Crippen LogP contribution in [0.1, 0.15) is 32.3 Å². The van der Waals surface area contributed by atoms with E-state index in [4.69, 9.17) is 4.74 Å². The number of nitrogens with zero attached hydrogens (tertiary/aromatic N) is 1. The SMILES string of the molecule is CC/C=C\C=C1/CN=C(C)C=C1COc1cccc([C@@]2(C(=O)Nc3ccccc3)C[C@H]2C(=O)NO)c1. The van der Waals surface area contributed by atoms with Gasteiger partial charge in [0.1, 0.15) is 12.4 Å². The van der Waals surface area contributed by atoms with Crippen LogP contribution >= 0.6 is 0 Å². The Morgan fingerprint density at radius 1 is 1.19 bits per heavy atom. The molecule has 0 unspecified atom stereocenters. The number of carbonyl (C=O) groups is 2. The normalized spacial score (nSPS) is 22.1. The summed E-state index contributed by atoms with van der Waals surface area (Å²) in [6.07, 6.45) is 9.47. The van der Waals surface area contributed by atoms with E-state index in [1.54, 1.807) is 23.7 Å². The summed E-state index contributed by atoms with van der Waals surface area (Å²) in [4.78, 5) is 30.2. The van der Waals surface area contributed by atoms with Crippen molar-refractivity contribution in [3.05, 3.63) is 95.6 Å². The fourth-order valence-corrected chi connectivity index (χ4v) is 4.46. The molecular formula is C29H31N3O4. The van der Waals surface area contributed by atoms with Gasteiger partial charge in [0, 0.05) is 11.4 Å². The van der Waals surface area contributed by atoms with Crippen molar-refractivity contribution in [1.82, 2.24) is 5.48 Å². The molecule has 1 aliphatic carbocycles. The van der Waals surface area contributed by atoms with Crippen LogP contribution in [0.15, 0.2) is 95.0 Å². The second-order valence-corrected chi connectivity index (χ2v) is 9.00. The van der Waals surface area contributed by atoms with Crippen molar-refractivity contribution in [3.8, 4) is 5.75 Å². The molecule has 0 radical (unpaired) electrons. The van der Waals surface area contributed by atoms with Crippen LogP contribution in [-0.2, 0) is 15.0 Å². The van der Waals surface area contributed by atoms with Crippen LogP contribution in [0.3, 0.4) is 0 Å². The van der Waals surface area contributed by atoms with E-state index >= 15 is 0 Å². The molecule has 1 heterocycles. The maximum Gasteiger partial charge on any atom is 0.247 e. The van der Waals surface area contributed by atoms with Crippen LogP contribution in [0.4, 0.5) is 5.69 Å². The molecule has 2 aromatic rings. The maximum absolute atomic E-state index is 13.4. The molecule has 7 nitrogen and oxygen atoms in total. The van der Waals surface area contributed by atoms with Gasteiger partial charge in [0.15, 0.2) is 0 Å². The minimum Gasteiger partial charge on any atom is -0.489 e. The van der Waals surface area contributed by atoms with Crippen molar-refractivity contribution >= 4 is 23.2 Å². The number of aliphatic imine (C=N–C) groups is 1. The Balaban J connectivity index is 1.56. The molecule has 7 heteroatoms. The highest BCUT2D eigenvalue weighted by molar-refractivity contribution is 6.07. The Kier molecular flexibility index (Phi) is 7.80. The molecule has 36 heavy (non-hydrogen) atoms. The number of carbonyl (C=O) groups excluding carboxylic acids is 2. The molecule has 2 amide bonds. The van der Waals surface area contributed by atoms with Crippen molar-refractivity contribution in [2.75, 3.05) is 18.5 Å². The van der Waals surface area contributed by atoms with Crippen molar-refractivity contribution in [3.63, 3.8) is 0 Å². The third-order valence-corrected chi connectivity index (χ3v) is 6.53. The van der Waals surface area contributed by atoms with Crippen LogP contribution in [-0.4, -0.2) is 35.9 Å². The topological polar surface area (TPSA) is 100 Å². The van der Waals surface area contributed by atoms with Gasteiger partial charge >= 0.3 is 0 Å². The molecule has 3 N–H and O–H groups in total. The van der Waals surface area contributed by atoms with Crippen molar-refractivity contribution < 1.29 is 19.5 Å². The molecule has 0 spiro atoms. The van der Waals surface area contributed by atoms with Gasteiger partial charge in [-0.3, -0.25) is 19.8 Å². The van der Waals surface area contributed by atoms with Crippen LogP contribution < -0.4 is 15.5 Å². The Bertz CT molecular complexity index is 1250. The highest BCUT2D eigenvalue weighted by Crippen LogP contribution is 2.55. The Hall–Kier alpha value is -3.97. The number of anilines is 1. The van der Waals surface area contributed by atoms with E-state index in [2.05, 4.69) is 29.4 Å². The number of hydrogen-bond donors (Lipinski definition) is 3. The van der Waals surface area contributed by atoms with E-state index in [1.165, 1.54) is 0 Å². The molecule has 2 aromatic carbocycles. The number of hydrogen-bond acceptors (Lipinski definition) is 5. The Labute approximate surface area is 211 Å². The lowest BCUT2D eigenvalue weighted by molar-refractivity contribution is -0.132. The number of ether oxygens (including phenoxy) is 1. The van der Waals surface area contributed by atoms with Crippen LogP contribution in [0.25, 0.3) is 0 Å². The number of nitrogens with one attached hydrogen (secondary N) is 2. The van der Waals surface area contributed by atoms with Crippen molar-refractivity contribution in [2.24, 2.45) is 10.9 Å². The van der Waals surface area contributed by atoms with Gasteiger partial charge in [-0.25, -0.2) is 5.48 Å². The van der Waals surface area contributed by atoms with Gasteiger partial charge in [-0.1, -0.05) is 55.5 Å². The molecule has 1 saturated carbocycles. The zero-order valence-electron chi connectivity index (χ0n) is 20.5. The lowest BCUT2D eigenvalue weighted by Crippen LogP contribution is -2.34. The predicted octanol–water partition coefficient (Wildman–Crippen LogP) is 4.76. The summed E-state index contributed by atoms with van der Waals surface area (Å²) >= 11 is 0. The van der Waals surface area contributed by atoms with E-state index in [9.17, 15) is 14.8 Å². The van der Waals surface area contributed by atoms with Gasteiger partial charge in [-0.2, -0.15) is 0 Å². The first-order valence-electron chi connectivity index (χ1n) is 12.1. The first-order valence-corrected chi connectivity index (χ1v) is 12.1. The average Bonchev–Trinajstić information content (AvgIpc) is 3.66. The van der Waals surface area contributed by atoms with Gasteiger partial charge < -0.3 is 10.1 Å². The van der Waals surface area contributed by atoms with Gasteiger partial charge in [-0.05, 0) is 66.8 Å². The third kappa shape index (κ3) is 5.47. The summed E-state index contributed by atoms with van der Waals surface area (Å²) in [5, 5.41) is 12.1. The monoisotopic (exact) mass is 485 g/mol. The molecule has 0 aromatic heterocycles. The summed E-state index contributed by atoms with van der Waals surface area (Å²) in [6.45, 7) is 5.02. The quantitative estimate of drug-likeness (QED) is 0.352. The second kappa shape index (κ2) is 11.2. The maximum atomic E-state index is 13.4. The molecule has 186 valence electrons. The molecule has 0 saturated heterocycles. The highest BCUT2D eigenvalue weighted by Gasteiger charge is 2.64. The first-order chi connectivity index (χ1) is 17.5. The summed E-state index contributed by atoms with van der Waals surface area (Å²) in [6, 6.07) is 16.4. The smallest absolute Gasteiger partial charge is 0.247 e. The number of para-hydroxylation sites is 1. The highest BCUT2D eigenvalue weighted by atomic mass is 16.5. The largest absolute Gasteiger partial charge is 0.489 e. The standard InChI is InChI=1S/C29H31N3O4/c1-3-4-6-10-21-18-30-20(2)15-22(21)19-36-25-14-9-11-23(16-25)29(17-26(29)27(33)32-35)28(34)31-24-12-7-5-8-13-24/h4-16,26,35H,3,17-19H2,1-2H3,(H,31,34)(H,32,33)/b6-4-,21-10+/t26-,29-/m0/s1. The summed E-state index contributed by atoms with van der Waals surface area (Å²) < 4.78 is 6.14. The molecule has 2 aliphatic rings. The van der Waals surface area contributed by atoms with Gasteiger partial charge in [0.25, 0.3) is 0 Å². The fourth-order valence-electron chi connectivity index (χ4n) is 4.46. The number of rotatable bonds is 9. The number of dihydropyridines is 1. The van der Waals surface area contributed by atoms with Gasteiger partial charge in [0.05, 0.1) is 17.9 Å². The minimum absolute atomic E-state index is 0.291. The number of allylic oxidation sites excluding steroid dienone is 4. The number of amides is 2. The zero-order valence-corrected chi connectivity index (χ0v) is 20.5. The van der Waals surface area contributed by atoms with Crippen molar-refractivity contribution in [2.45, 2.75) is 32.1 Å². The molecule has 2 atom stereocenters. The second-order valence-electron chi connectivity index (χ2n) is 9.00. The Morgan fingerprint density at radius 2 is 2.00 bits per heavy atom. The molecule has 4 rings (SSSR count). The van der Waals surface area contributed by atoms with Crippen molar-refractivity contribution in [1.29, 1.82) is 0 Å². The van der Waals surface area contributed by atoms with E-state index in [0.717, 1.165) is 23.3 Å². The molecule has 1 fully saturated rings. The minimum atomic E-state index is -1.09. The van der Waals surface area contributed by atoms with Crippen LogP contribution in [0.5, 0.6) is 5.75 Å². The lowest BCUT2D eigenvalue weighted by Gasteiger charge is -2.20. The number of benzene rings is 2. The van der Waals surface area contributed by atoms with E-state index in [-0.39, 0.29) is 5.91 Å². The van der Waals surface area contributed by atoms with E-state index < -0.39 is 17.2 Å². The van der Waals surface area contributed by atoms with E-state index in [0.29, 0.717) is 36.6 Å². The van der Waals surface area contributed by atoms with E-state index in [1.807, 2.05) is 55.5 Å². The summed E-state index contributed by atoms with van der Waals surface area (Å²) in [7, 11) is 0. The average molecular weight is 486 g/mol. The predicted molar refractivity (Wildman–Crippen MR) is 140 cm³/mol. The van der Waals surface area contributed by atoms with Gasteiger partial charge in [0.2, 0.25) is 11.8 Å². The lowest BCUT2D eigenvalue weighted by atomic mass is 9.91. The number of hydroxylamine groups is 1. The zero-order chi connectivity index (χ0) is 25.5. The summed E-state index contributed by atoms with van der Waals surface area (Å²) in [5.74, 6) is -0.962. The van der Waals surface area contributed by atoms with Crippen LogP contribution in [0, 0.1) is 5.92 Å². The van der Waals surface area contributed by atoms with Crippen LogP contribution in [0.2, 0.25) is 0 Å². The molecule has 0 bridgehead atoms.